The van der Waals surface area contributed by atoms with Crippen molar-refractivity contribution in [3.8, 4) is 6.01 Å². The van der Waals surface area contributed by atoms with Gasteiger partial charge in [-0.15, -0.1) is 0 Å². The summed E-state index contributed by atoms with van der Waals surface area (Å²) >= 11 is 0. The van der Waals surface area contributed by atoms with Crippen molar-refractivity contribution in [1.82, 2.24) is 19.5 Å². The number of rotatable bonds is 9. The zero-order valence-electron chi connectivity index (χ0n) is 15.6. The number of aliphatic carboxylic acids is 1. The van der Waals surface area contributed by atoms with Gasteiger partial charge in [-0.1, -0.05) is 44.0 Å². The van der Waals surface area contributed by atoms with Crippen LogP contribution in [0.15, 0.2) is 29.1 Å². The molecule has 28 heavy (non-hydrogen) atoms. The van der Waals surface area contributed by atoms with E-state index in [1.54, 1.807) is 18.2 Å². The number of carboxylic acids is 1. The fraction of sp³-hybridized carbons (Fsp3) is 0.368. The number of anilines is 1. The normalized spacial score (nSPS) is 11.0. The molecule has 4 N–H and O–H groups in total. The van der Waals surface area contributed by atoms with Crippen LogP contribution in [-0.4, -0.2) is 37.2 Å². The number of fused-ring (bicyclic) bond motifs is 1. The summed E-state index contributed by atoms with van der Waals surface area (Å²) in [6, 6.07) is 7.21. The van der Waals surface area contributed by atoms with Gasteiger partial charge in [-0.3, -0.25) is 9.36 Å². The first-order valence-electron chi connectivity index (χ1n) is 9.16. The number of nitrogens with two attached hydrogens (primary N) is 1. The summed E-state index contributed by atoms with van der Waals surface area (Å²) in [5.41, 5.74) is 7.74. The van der Waals surface area contributed by atoms with E-state index in [0.717, 1.165) is 24.8 Å². The van der Waals surface area contributed by atoms with E-state index in [1.807, 2.05) is 6.07 Å². The van der Waals surface area contributed by atoms with Gasteiger partial charge in [0.1, 0.15) is 5.52 Å². The average molecular weight is 385 g/mol. The topological polar surface area (TPSA) is 136 Å². The van der Waals surface area contributed by atoms with E-state index in [9.17, 15) is 9.59 Å². The van der Waals surface area contributed by atoms with Crippen molar-refractivity contribution < 1.29 is 14.6 Å². The number of ether oxygens (including phenoxy) is 1. The summed E-state index contributed by atoms with van der Waals surface area (Å²) in [7, 11) is 0. The Morgan fingerprint density at radius 2 is 2.07 bits per heavy atom. The molecule has 9 nitrogen and oxygen atoms in total. The van der Waals surface area contributed by atoms with Crippen LogP contribution in [0.1, 0.15) is 37.3 Å². The van der Waals surface area contributed by atoms with Gasteiger partial charge in [0.25, 0.3) is 0 Å². The number of unbranched alkanes of at least 4 members (excludes halogenated alkanes) is 2. The molecule has 0 aliphatic rings. The summed E-state index contributed by atoms with van der Waals surface area (Å²) in [6.07, 6.45) is 2.92. The van der Waals surface area contributed by atoms with Crippen LogP contribution in [0.4, 0.5) is 5.82 Å². The first kappa shape index (κ1) is 19.4. The molecule has 0 spiro atoms. The third kappa shape index (κ3) is 4.48. The smallest absolute Gasteiger partial charge is 0.328 e. The third-order valence-electron chi connectivity index (χ3n) is 4.30. The highest BCUT2D eigenvalue weighted by molar-refractivity contribution is 5.82. The Kier molecular flexibility index (Phi) is 5.93. The molecular formula is C19H23N5O4. The Morgan fingerprint density at radius 1 is 1.29 bits per heavy atom. The number of nitrogens with zero attached hydrogens (tertiary/aromatic N) is 3. The Morgan fingerprint density at radius 3 is 2.82 bits per heavy atom. The highest BCUT2D eigenvalue weighted by atomic mass is 16.5. The number of nitrogens with one attached hydrogen (secondary N) is 1. The quantitative estimate of drug-likeness (QED) is 0.479. The molecule has 3 aromatic rings. The van der Waals surface area contributed by atoms with E-state index in [1.165, 1.54) is 4.57 Å². The minimum absolute atomic E-state index is 0.0819. The van der Waals surface area contributed by atoms with Gasteiger partial charge in [-0.05, 0) is 17.5 Å². The lowest BCUT2D eigenvalue weighted by Crippen LogP contribution is -2.18. The molecule has 9 heteroatoms. The van der Waals surface area contributed by atoms with Gasteiger partial charge in [0.2, 0.25) is 0 Å². The summed E-state index contributed by atoms with van der Waals surface area (Å²) in [5.74, 6) is -0.766. The van der Waals surface area contributed by atoms with Crippen LogP contribution < -0.4 is 16.2 Å². The number of aromatic amines is 1. The van der Waals surface area contributed by atoms with E-state index in [4.69, 9.17) is 15.6 Å². The molecule has 0 unspecified atom stereocenters. The van der Waals surface area contributed by atoms with Gasteiger partial charge in [-0.2, -0.15) is 9.97 Å². The molecule has 0 atom stereocenters. The largest absolute Gasteiger partial charge is 0.481 e. The van der Waals surface area contributed by atoms with Gasteiger partial charge in [0.15, 0.2) is 11.5 Å². The number of carboxylic acid groups (broad SMARTS) is 1. The van der Waals surface area contributed by atoms with E-state index in [2.05, 4.69) is 21.9 Å². The second-order valence-corrected chi connectivity index (χ2v) is 6.55. The molecule has 0 amide bonds. The lowest BCUT2D eigenvalue weighted by atomic mass is 10.1. The van der Waals surface area contributed by atoms with Crippen molar-refractivity contribution in [3.05, 3.63) is 45.9 Å². The van der Waals surface area contributed by atoms with Crippen LogP contribution in [0, 0.1) is 0 Å². The molecule has 0 bridgehead atoms. The van der Waals surface area contributed by atoms with Gasteiger partial charge < -0.3 is 20.6 Å². The van der Waals surface area contributed by atoms with E-state index < -0.39 is 5.97 Å². The summed E-state index contributed by atoms with van der Waals surface area (Å²) in [5, 5.41) is 8.96. The summed E-state index contributed by atoms with van der Waals surface area (Å²) < 4.78 is 7.01. The number of nitrogen functional groups attached to an aromatic ring is 1. The van der Waals surface area contributed by atoms with Crippen LogP contribution in [-0.2, 0) is 17.8 Å². The van der Waals surface area contributed by atoms with Crippen molar-refractivity contribution in [2.24, 2.45) is 0 Å². The Labute approximate surface area is 161 Å². The molecular weight excluding hydrogens is 362 g/mol. The van der Waals surface area contributed by atoms with Crippen LogP contribution >= 0.6 is 0 Å². The number of hydrogen-bond donors (Lipinski definition) is 3. The second-order valence-electron chi connectivity index (χ2n) is 6.55. The maximum atomic E-state index is 12.4. The van der Waals surface area contributed by atoms with Crippen molar-refractivity contribution >= 4 is 23.0 Å². The highest BCUT2D eigenvalue weighted by Gasteiger charge is 2.15. The first-order chi connectivity index (χ1) is 13.5. The van der Waals surface area contributed by atoms with Crippen LogP contribution in [0.5, 0.6) is 6.01 Å². The lowest BCUT2D eigenvalue weighted by Gasteiger charge is -2.08. The molecule has 0 saturated carbocycles. The molecule has 3 rings (SSSR count). The predicted octanol–water partition coefficient (Wildman–Crippen LogP) is 1.95. The van der Waals surface area contributed by atoms with Crippen molar-refractivity contribution in [3.63, 3.8) is 0 Å². The van der Waals surface area contributed by atoms with Crippen LogP contribution in [0.2, 0.25) is 0 Å². The SMILES string of the molecule is CCCCCOc1nc(N)c2[nH]c(=O)n(Cc3cccc(CC(=O)O)c3)c2n1. The zero-order chi connectivity index (χ0) is 20.1. The minimum atomic E-state index is -0.910. The van der Waals surface area contributed by atoms with Crippen LogP contribution in [0.25, 0.3) is 11.2 Å². The Balaban J connectivity index is 1.90. The maximum Gasteiger partial charge on any atom is 0.328 e. The van der Waals surface area contributed by atoms with Gasteiger partial charge in [0.05, 0.1) is 19.6 Å². The van der Waals surface area contributed by atoms with Gasteiger partial charge in [-0.25, -0.2) is 4.79 Å². The van der Waals surface area contributed by atoms with Crippen molar-refractivity contribution in [2.45, 2.75) is 39.2 Å². The summed E-state index contributed by atoms with van der Waals surface area (Å²) in [4.78, 5) is 34.5. The van der Waals surface area contributed by atoms with Gasteiger partial charge >= 0.3 is 17.7 Å². The molecule has 148 valence electrons. The summed E-state index contributed by atoms with van der Waals surface area (Å²) in [6.45, 7) is 2.80. The number of benzene rings is 1. The minimum Gasteiger partial charge on any atom is -0.481 e. The van der Waals surface area contributed by atoms with Crippen LogP contribution in [0.3, 0.4) is 0 Å². The molecule has 2 heterocycles. The van der Waals surface area contributed by atoms with E-state index in [0.29, 0.717) is 23.3 Å². The Hall–Kier alpha value is -3.36. The predicted molar refractivity (Wildman–Crippen MR) is 104 cm³/mol. The first-order valence-corrected chi connectivity index (χ1v) is 9.16. The number of hydrogen-bond acceptors (Lipinski definition) is 6. The van der Waals surface area contributed by atoms with E-state index >= 15 is 0 Å². The number of aromatic nitrogens is 4. The second kappa shape index (κ2) is 8.55. The molecule has 0 aliphatic heterocycles. The number of H-pyrrole nitrogens is 1. The van der Waals surface area contributed by atoms with E-state index in [-0.39, 0.29) is 30.5 Å². The Bertz CT molecular complexity index is 1040. The lowest BCUT2D eigenvalue weighted by molar-refractivity contribution is -0.136. The molecule has 0 fully saturated rings. The molecule has 0 aliphatic carbocycles. The monoisotopic (exact) mass is 385 g/mol. The highest BCUT2D eigenvalue weighted by Crippen LogP contribution is 2.19. The fourth-order valence-corrected chi connectivity index (χ4v) is 2.95. The molecule has 1 aromatic carbocycles. The molecule has 0 saturated heterocycles. The standard InChI is InChI=1S/C19H23N5O4/c1-2-3-4-8-28-18-22-16(20)15-17(23-18)24(19(27)21-15)11-13-7-5-6-12(9-13)10-14(25)26/h5-7,9H,2-4,8,10-11H2,1H3,(H,21,27)(H,25,26)(H2,20,22,23). The third-order valence-corrected chi connectivity index (χ3v) is 4.30. The molecule has 2 aromatic heterocycles. The fourth-order valence-electron chi connectivity index (χ4n) is 2.95. The number of carbonyl (C=O) groups is 1. The zero-order valence-corrected chi connectivity index (χ0v) is 15.6. The van der Waals surface area contributed by atoms with Gasteiger partial charge in [0, 0.05) is 0 Å². The van der Waals surface area contributed by atoms with Crippen molar-refractivity contribution in [1.29, 1.82) is 0 Å². The average Bonchev–Trinajstić information content (AvgIpc) is 2.95. The molecule has 0 radical (unpaired) electrons. The van der Waals surface area contributed by atoms with Crippen molar-refractivity contribution in [2.75, 3.05) is 12.3 Å². The maximum absolute atomic E-state index is 12.4. The number of imidazole rings is 1.